The van der Waals surface area contributed by atoms with Crippen LogP contribution in [0.1, 0.15) is 56.4 Å². The molecule has 0 unspecified atom stereocenters. The number of anilines is 2. The molecular formula is C42H43N9O7S. The Morgan fingerprint density at radius 1 is 0.746 bits per heavy atom. The number of benzene rings is 4. The molecule has 7 aromatic rings. The molecule has 0 aliphatic rings. The van der Waals surface area contributed by atoms with Crippen molar-refractivity contribution in [3.8, 4) is 12.0 Å². The van der Waals surface area contributed by atoms with Gasteiger partial charge in [-0.2, -0.15) is 15.0 Å². The number of unbranched alkanes of at least 4 members (excludes halogenated alkanes) is 1. The van der Waals surface area contributed by atoms with Crippen LogP contribution in [0.2, 0.25) is 0 Å². The monoisotopic (exact) mass is 817 g/mol. The van der Waals surface area contributed by atoms with E-state index in [1.54, 1.807) is 48.5 Å². The number of thiazole rings is 1. The van der Waals surface area contributed by atoms with E-state index < -0.39 is 0 Å². The van der Waals surface area contributed by atoms with Crippen LogP contribution >= 0.6 is 11.3 Å². The van der Waals surface area contributed by atoms with Crippen molar-refractivity contribution >= 4 is 72.2 Å². The zero-order valence-corrected chi connectivity index (χ0v) is 33.1. The summed E-state index contributed by atoms with van der Waals surface area (Å²) in [5.41, 5.74) is 9.64. The van der Waals surface area contributed by atoms with Gasteiger partial charge in [-0.25, -0.2) is 4.98 Å². The lowest BCUT2D eigenvalue weighted by Crippen LogP contribution is -2.28. The highest BCUT2D eigenvalue weighted by Gasteiger charge is 2.18. The zero-order valence-electron chi connectivity index (χ0n) is 32.3. The van der Waals surface area contributed by atoms with E-state index in [2.05, 4.69) is 35.9 Å². The molecule has 0 saturated heterocycles. The predicted octanol–water partition coefficient (Wildman–Crippen LogP) is 5.55. The fourth-order valence-electron chi connectivity index (χ4n) is 6.07. The molecule has 7 rings (SSSR count). The fraction of sp³-hybridized carbons (Fsp3) is 0.262. The lowest BCUT2D eigenvalue weighted by molar-refractivity contribution is 0.0486. The molecule has 0 atom stereocenters. The van der Waals surface area contributed by atoms with Gasteiger partial charge >= 0.3 is 6.01 Å². The van der Waals surface area contributed by atoms with E-state index >= 15 is 0 Å². The Kier molecular flexibility index (Phi) is 13.2. The lowest BCUT2D eigenvalue weighted by Gasteiger charge is -2.09. The number of carbonyl (C=O) groups excluding carboxylic acids is 3. The van der Waals surface area contributed by atoms with Gasteiger partial charge in [0.1, 0.15) is 0 Å². The first kappa shape index (κ1) is 40.5. The molecule has 0 radical (unpaired) electrons. The third-order valence-corrected chi connectivity index (χ3v) is 10.1. The summed E-state index contributed by atoms with van der Waals surface area (Å²) in [6.45, 7) is 4.57. The molecule has 0 saturated carbocycles. The van der Waals surface area contributed by atoms with Crippen molar-refractivity contribution in [3.05, 3.63) is 107 Å². The predicted molar refractivity (Wildman–Crippen MR) is 225 cm³/mol. The number of aromatic nitrogens is 5. The van der Waals surface area contributed by atoms with Crippen LogP contribution in [-0.2, 0) is 16.0 Å². The quantitative estimate of drug-likeness (QED) is 0.0635. The topological polar surface area (TPSA) is 218 Å². The van der Waals surface area contributed by atoms with Crippen molar-refractivity contribution in [3.63, 3.8) is 0 Å². The molecule has 6 N–H and O–H groups in total. The number of nitrogen functional groups attached to an aromatic ring is 1. The van der Waals surface area contributed by atoms with E-state index in [1.807, 2.05) is 43.3 Å². The molecule has 3 aromatic heterocycles. The number of hydrogen-bond donors (Lipinski definition) is 5. The Morgan fingerprint density at radius 2 is 1.42 bits per heavy atom. The zero-order chi connectivity index (χ0) is 41.1. The second kappa shape index (κ2) is 19.2. The number of fused-ring (bicyclic) bond motifs is 3. The molecule has 0 aliphatic heterocycles. The van der Waals surface area contributed by atoms with E-state index in [0.29, 0.717) is 79.1 Å². The van der Waals surface area contributed by atoms with Crippen molar-refractivity contribution in [1.82, 2.24) is 35.1 Å². The Bertz CT molecular complexity index is 2590. The van der Waals surface area contributed by atoms with E-state index in [9.17, 15) is 19.5 Å². The largest absolute Gasteiger partial charge is 0.480 e. The summed E-state index contributed by atoms with van der Waals surface area (Å²) in [7, 11) is 0. The summed E-state index contributed by atoms with van der Waals surface area (Å²) in [6, 6.07) is 25.4. The molecule has 3 heterocycles. The van der Waals surface area contributed by atoms with Gasteiger partial charge in [-0.05, 0) is 65.2 Å². The number of amides is 3. The standard InChI is InChI=1S/C42H43N9O7S/c1-2-3-18-58-40-48-35(43)34-36(49-40)51(42(55)47-34)25-26-8-10-28(11-9-26)37(52)44-16-19-56-21-22-57-20-17-45-38(53)31-14-15-32-33(24-31)59-41(46-32)50-39(54)30-13-12-27-6-4-5-7-29(27)23-30/h4-15,23-24H,2-3,16-22,25H2,1H3,(H,44,52)(H,45,53)(H,47,55)(H2,43,48,49)(H,46,50,54). The van der Waals surface area contributed by atoms with Crippen molar-refractivity contribution in [2.75, 3.05) is 57.2 Å². The average molecular weight is 818 g/mol. The number of ether oxygens (including phenoxy) is 3. The number of nitrogens with zero attached hydrogens (tertiary/aromatic N) is 5. The first-order valence-electron chi connectivity index (χ1n) is 19.1. The van der Waals surface area contributed by atoms with Crippen molar-refractivity contribution in [1.29, 1.82) is 0 Å². The number of rotatable bonds is 19. The minimum Gasteiger partial charge on any atom is -0.480 e. The maximum Gasteiger partial charge on any atom is 0.320 e. The molecule has 0 spiro atoms. The van der Waals surface area contributed by atoms with Crippen LogP contribution in [0.3, 0.4) is 0 Å². The van der Waals surface area contributed by atoms with Crippen LogP contribution < -0.4 is 26.4 Å². The van der Waals surface area contributed by atoms with E-state index in [1.165, 1.54) is 15.9 Å². The fourth-order valence-corrected chi connectivity index (χ4v) is 6.97. The van der Waals surface area contributed by atoms with Gasteiger partial charge in [-0.15, -0.1) is 0 Å². The van der Waals surface area contributed by atoms with Crippen molar-refractivity contribution in [2.24, 2.45) is 0 Å². The molecule has 17 heteroatoms. The highest BCUT2D eigenvalue weighted by Crippen LogP contribution is 2.28. The second-order valence-electron chi connectivity index (χ2n) is 13.4. The molecule has 4 aromatic carbocycles. The SMILES string of the molecule is CCCCOc1nc(N)c2nc(O)n(Cc3ccc(C(=O)NCCOCCOCCNC(=O)c4ccc5nc(NC(=O)c6ccc7ccccc7c6)sc5c4)cc3)c2n1. The van der Waals surface area contributed by atoms with Crippen LogP contribution in [0.5, 0.6) is 12.0 Å². The first-order chi connectivity index (χ1) is 28.7. The number of carbonyl (C=O) groups is 3. The summed E-state index contributed by atoms with van der Waals surface area (Å²) < 4.78 is 19.0. The van der Waals surface area contributed by atoms with Gasteiger partial charge in [-0.1, -0.05) is 67.1 Å². The van der Waals surface area contributed by atoms with Crippen LogP contribution in [0.15, 0.2) is 84.9 Å². The van der Waals surface area contributed by atoms with Crippen LogP contribution in [0, 0.1) is 0 Å². The highest BCUT2D eigenvalue weighted by atomic mass is 32.1. The van der Waals surface area contributed by atoms with E-state index in [4.69, 9.17) is 19.9 Å². The van der Waals surface area contributed by atoms with Gasteiger partial charge in [0.05, 0.1) is 49.8 Å². The summed E-state index contributed by atoms with van der Waals surface area (Å²) in [5.74, 6) is -0.643. The number of imidazole rings is 1. The Balaban J connectivity index is 0.771. The van der Waals surface area contributed by atoms with E-state index in [-0.39, 0.29) is 47.6 Å². The van der Waals surface area contributed by atoms with Gasteiger partial charge < -0.3 is 35.7 Å². The number of hydrogen-bond acceptors (Lipinski definition) is 13. The van der Waals surface area contributed by atoms with E-state index in [0.717, 1.165) is 33.9 Å². The average Bonchev–Trinajstić information content (AvgIpc) is 3.80. The second-order valence-corrected chi connectivity index (χ2v) is 14.4. The van der Waals surface area contributed by atoms with Gasteiger partial charge in [0, 0.05) is 29.8 Å². The van der Waals surface area contributed by atoms with Crippen molar-refractivity contribution in [2.45, 2.75) is 26.3 Å². The van der Waals surface area contributed by atoms with Crippen LogP contribution in [0.4, 0.5) is 10.9 Å². The third-order valence-electron chi connectivity index (χ3n) is 9.19. The Hall–Kier alpha value is -6.69. The van der Waals surface area contributed by atoms with Gasteiger partial charge in [0.25, 0.3) is 23.7 Å². The van der Waals surface area contributed by atoms with Crippen LogP contribution in [0.25, 0.3) is 32.2 Å². The molecule has 0 bridgehead atoms. The molecule has 304 valence electrons. The third kappa shape index (κ3) is 10.3. The molecular weight excluding hydrogens is 775 g/mol. The number of nitrogens with one attached hydrogen (secondary N) is 3. The van der Waals surface area contributed by atoms with Gasteiger partial charge in [0.15, 0.2) is 22.1 Å². The smallest absolute Gasteiger partial charge is 0.320 e. The first-order valence-corrected chi connectivity index (χ1v) is 19.9. The minimum absolute atomic E-state index is 0.113. The summed E-state index contributed by atoms with van der Waals surface area (Å²) in [6.07, 6.45) is 1.80. The normalized spacial score (nSPS) is 11.3. The molecule has 59 heavy (non-hydrogen) atoms. The van der Waals surface area contributed by atoms with Crippen molar-refractivity contribution < 1.29 is 33.7 Å². The Labute approximate surface area is 342 Å². The minimum atomic E-state index is -0.259. The summed E-state index contributed by atoms with van der Waals surface area (Å²) in [4.78, 5) is 55.5. The summed E-state index contributed by atoms with van der Waals surface area (Å²) in [5, 5.41) is 21.5. The molecule has 0 fully saturated rings. The lowest BCUT2D eigenvalue weighted by atomic mass is 10.1. The summed E-state index contributed by atoms with van der Waals surface area (Å²) >= 11 is 1.30. The van der Waals surface area contributed by atoms with Gasteiger partial charge in [0.2, 0.25) is 0 Å². The molecule has 0 aliphatic carbocycles. The van der Waals surface area contributed by atoms with Crippen LogP contribution in [-0.4, -0.2) is 93.5 Å². The number of aromatic hydroxyl groups is 1. The highest BCUT2D eigenvalue weighted by molar-refractivity contribution is 7.22. The molecule has 16 nitrogen and oxygen atoms in total. The van der Waals surface area contributed by atoms with Gasteiger partial charge in [-0.3, -0.25) is 24.3 Å². The maximum absolute atomic E-state index is 12.9. The number of nitrogens with two attached hydrogens (primary N) is 1. The maximum atomic E-state index is 12.9. The molecule has 3 amide bonds. The Morgan fingerprint density at radius 3 is 2.17 bits per heavy atom.